The molecule has 0 aliphatic heterocycles. The Morgan fingerprint density at radius 2 is 2.12 bits per heavy atom. The molecule has 17 heavy (non-hydrogen) atoms. The van der Waals surface area contributed by atoms with Crippen LogP contribution in [0.5, 0.6) is 0 Å². The summed E-state index contributed by atoms with van der Waals surface area (Å²) in [5, 5.41) is 9.53. The minimum Gasteiger partial charge on any atom is -0.297 e. The van der Waals surface area contributed by atoms with Gasteiger partial charge >= 0.3 is 0 Å². The van der Waals surface area contributed by atoms with Gasteiger partial charge in [0, 0.05) is 11.6 Å². The summed E-state index contributed by atoms with van der Waals surface area (Å²) in [5.74, 6) is -0.888. The van der Waals surface area contributed by atoms with E-state index in [1.165, 1.54) is 6.20 Å². The maximum Gasteiger partial charge on any atom is 0.159 e. The lowest BCUT2D eigenvalue weighted by Gasteiger charge is -2.21. The number of carbonyl (C=O) groups is 1. The summed E-state index contributed by atoms with van der Waals surface area (Å²) in [6, 6.07) is 3.74. The number of hydrogen-bond acceptors (Lipinski definition) is 3. The van der Waals surface area contributed by atoms with Gasteiger partial charge < -0.3 is 0 Å². The zero-order chi connectivity index (χ0) is 13.2. The molecule has 1 rings (SSSR count). The molecule has 0 aromatic carbocycles. The second kappa shape index (κ2) is 4.85. The third-order valence-corrected chi connectivity index (χ3v) is 3.01. The van der Waals surface area contributed by atoms with Crippen LogP contribution in [0.1, 0.15) is 37.8 Å². The molecule has 90 valence electrons. The highest BCUT2D eigenvalue weighted by molar-refractivity contribution is 6.30. The minimum absolute atomic E-state index is 0.106. The Hall–Kier alpha value is -1.40. The van der Waals surface area contributed by atoms with Gasteiger partial charge in [0.05, 0.1) is 6.07 Å². The Morgan fingerprint density at radius 3 is 2.59 bits per heavy atom. The van der Waals surface area contributed by atoms with Crippen molar-refractivity contribution in [2.75, 3.05) is 0 Å². The number of aromatic nitrogens is 1. The first kappa shape index (κ1) is 13.7. The molecular weight excluding hydrogens is 236 g/mol. The SMILES string of the molecule is Cc1c(C(C#N)C(=O)C(C)(C)C)ccnc1Cl. The number of hydrogen-bond donors (Lipinski definition) is 0. The van der Waals surface area contributed by atoms with Crippen LogP contribution < -0.4 is 0 Å². The number of rotatable bonds is 2. The number of halogens is 1. The molecular formula is C13H15ClN2O. The Balaban J connectivity index is 3.26. The van der Waals surface area contributed by atoms with E-state index in [9.17, 15) is 10.1 Å². The molecule has 4 heteroatoms. The fraction of sp³-hybridized carbons (Fsp3) is 0.462. The molecule has 0 amide bonds. The third-order valence-electron chi connectivity index (χ3n) is 2.63. The minimum atomic E-state index is -0.782. The first-order valence-electron chi connectivity index (χ1n) is 5.34. The van der Waals surface area contributed by atoms with E-state index in [0.29, 0.717) is 16.3 Å². The van der Waals surface area contributed by atoms with Crippen molar-refractivity contribution < 1.29 is 4.79 Å². The van der Waals surface area contributed by atoms with Crippen LogP contribution in [0.15, 0.2) is 12.3 Å². The monoisotopic (exact) mass is 250 g/mol. The fourth-order valence-corrected chi connectivity index (χ4v) is 1.70. The summed E-state index contributed by atoms with van der Waals surface area (Å²) < 4.78 is 0. The highest BCUT2D eigenvalue weighted by Gasteiger charge is 2.32. The highest BCUT2D eigenvalue weighted by atomic mass is 35.5. The Kier molecular flexibility index (Phi) is 3.90. The van der Waals surface area contributed by atoms with Crippen LogP contribution in [-0.2, 0) is 4.79 Å². The number of carbonyl (C=O) groups excluding carboxylic acids is 1. The van der Waals surface area contributed by atoms with Crippen molar-refractivity contribution in [1.82, 2.24) is 4.98 Å². The number of nitrogens with zero attached hydrogens (tertiary/aromatic N) is 2. The van der Waals surface area contributed by atoms with Crippen LogP contribution in [0.3, 0.4) is 0 Å². The van der Waals surface area contributed by atoms with Gasteiger partial charge in [-0.3, -0.25) is 4.79 Å². The van der Waals surface area contributed by atoms with E-state index in [2.05, 4.69) is 11.1 Å². The second-order valence-electron chi connectivity index (χ2n) is 4.99. The highest BCUT2D eigenvalue weighted by Crippen LogP contribution is 2.30. The first-order chi connectivity index (χ1) is 7.79. The molecule has 0 bridgehead atoms. The van der Waals surface area contributed by atoms with Crippen LogP contribution in [0.4, 0.5) is 0 Å². The topological polar surface area (TPSA) is 53.8 Å². The number of Topliss-reactive ketones (excluding diaryl/α,β-unsaturated/α-hetero) is 1. The van der Waals surface area contributed by atoms with Crippen LogP contribution >= 0.6 is 11.6 Å². The summed E-state index contributed by atoms with van der Waals surface area (Å²) >= 11 is 5.90. The van der Waals surface area contributed by atoms with E-state index >= 15 is 0 Å². The van der Waals surface area contributed by atoms with Gasteiger partial charge in [-0.05, 0) is 24.1 Å². The van der Waals surface area contributed by atoms with Gasteiger partial charge in [-0.2, -0.15) is 5.26 Å². The standard InChI is InChI=1S/C13H15ClN2O/c1-8-9(5-6-16-12(8)14)10(7-15)11(17)13(2,3)4/h5-6,10H,1-4H3. The van der Waals surface area contributed by atoms with Gasteiger partial charge in [-0.1, -0.05) is 32.4 Å². The van der Waals surface area contributed by atoms with E-state index in [0.717, 1.165) is 0 Å². The number of ketones is 1. The van der Waals surface area contributed by atoms with E-state index in [4.69, 9.17) is 11.6 Å². The van der Waals surface area contributed by atoms with Crippen molar-refractivity contribution >= 4 is 17.4 Å². The summed E-state index contributed by atoms with van der Waals surface area (Å²) in [4.78, 5) is 16.1. The van der Waals surface area contributed by atoms with Gasteiger partial charge in [0.1, 0.15) is 11.1 Å². The maximum atomic E-state index is 12.2. The van der Waals surface area contributed by atoms with Crippen molar-refractivity contribution in [3.63, 3.8) is 0 Å². The van der Waals surface area contributed by atoms with Crippen LogP contribution in [0, 0.1) is 23.7 Å². The molecule has 0 saturated heterocycles. The Labute approximate surface area is 106 Å². The fourth-order valence-electron chi connectivity index (χ4n) is 1.54. The van der Waals surface area contributed by atoms with Gasteiger partial charge in [-0.25, -0.2) is 4.98 Å². The van der Waals surface area contributed by atoms with Gasteiger partial charge in [-0.15, -0.1) is 0 Å². The molecule has 0 fully saturated rings. The molecule has 0 aliphatic rings. The normalized spacial score (nSPS) is 12.9. The van der Waals surface area contributed by atoms with Crippen molar-refractivity contribution in [2.45, 2.75) is 33.6 Å². The molecule has 0 N–H and O–H groups in total. The predicted octanol–water partition coefficient (Wildman–Crippen LogP) is 3.27. The first-order valence-corrected chi connectivity index (χ1v) is 5.71. The lowest BCUT2D eigenvalue weighted by Crippen LogP contribution is -2.26. The zero-order valence-corrected chi connectivity index (χ0v) is 11.2. The van der Waals surface area contributed by atoms with Gasteiger partial charge in [0.25, 0.3) is 0 Å². The average molecular weight is 251 g/mol. The predicted molar refractivity (Wildman–Crippen MR) is 66.8 cm³/mol. The third kappa shape index (κ3) is 2.83. The summed E-state index contributed by atoms with van der Waals surface area (Å²) in [5.41, 5.74) is 0.786. The lowest BCUT2D eigenvalue weighted by atomic mass is 9.80. The van der Waals surface area contributed by atoms with Crippen LogP contribution in [-0.4, -0.2) is 10.8 Å². The van der Waals surface area contributed by atoms with E-state index in [1.807, 2.05) is 0 Å². The molecule has 1 heterocycles. The molecule has 0 aliphatic carbocycles. The molecule has 0 radical (unpaired) electrons. The number of pyridine rings is 1. The Bertz CT molecular complexity index is 483. The zero-order valence-electron chi connectivity index (χ0n) is 10.4. The molecule has 3 nitrogen and oxygen atoms in total. The quantitative estimate of drug-likeness (QED) is 0.757. The molecule has 1 atom stereocenters. The number of nitriles is 1. The van der Waals surface area contributed by atoms with E-state index in [1.54, 1.807) is 33.8 Å². The van der Waals surface area contributed by atoms with Gasteiger partial charge in [0.15, 0.2) is 5.78 Å². The molecule has 1 aromatic rings. The molecule has 0 saturated carbocycles. The van der Waals surface area contributed by atoms with Crippen molar-refractivity contribution in [3.8, 4) is 6.07 Å². The van der Waals surface area contributed by atoms with Crippen LogP contribution in [0.2, 0.25) is 5.15 Å². The lowest BCUT2D eigenvalue weighted by molar-refractivity contribution is -0.126. The largest absolute Gasteiger partial charge is 0.297 e. The summed E-state index contributed by atoms with van der Waals surface area (Å²) in [7, 11) is 0. The second-order valence-corrected chi connectivity index (χ2v) is 5.35. The maximum absolute atomic E-state index is 12.2. The van der Waals surface area contributed by atoms with E-state index < -0.39 is 11.3 Å². The Morgan fingerprint density at radius 1 is 1.53 bits per heavy atom. The van der Waals surface area contributed by atoms with Crippen molar-refractivity contribution in [3.05, 3.63) is 28.5 Å². The van der Waals surface area contributed by atoms with Crippen molar-refractivity contribution in [2.24, 2.45) is 5.41 Å². The summed E-state index contributed by atoms with van der Waals surface area (Å²) in [6.45, 7) is 7.18. The molecule has 1 unspecified atom stereocenters. The smallest absolute Gasteiger partial charge is 0.159 e. The van der Waals surface area contributed by atoms with Gasteiger partial charge in [0.2, 0.25) is 0 Å². The van der Waals surface area contributed by atoms with Crippen LogP contribution in [0.25, 0.3) is 0 Å². The summed E-state index contributed by atoms with van der Waals surface area (Å²) in [6.07, 6.45) is 1.52. The molecule has 1 aromatic heterocycles. The average Bonchev–Trinajstić information content (AvgIpc) is 2.23. The van der Waals surface area contributed by atoms with E-state index in [-0.39, 0.29) is 5.78 Å². The molecule has 0 spiro atoms. The van der Waals surface area contributed by atoms with Crippen molar-refractivity contribution in [1.29, 1.82) is 5.26 Å².